The zero-order chi connectivity index (χ0) is 10.4. The van der Waals surface area contributed by atoms with Crippen molar-refractivity contribution >= 4 is 0 Å². The highest BCUT2D eigenvalue weighted by molar-refractivity contribution is 5.02. The number of hydrogen-bond acceptors (Lipinski definition) is 0. The van der Waals surface area contributed by atoms with E-state index in [1.165, 1.54) is 0 Å². The molecule has 0 aromatic rings. The van der Waals surface area contributed by atoms with Crippen molar-refractivity contribution in [3.8, 4) is 0 Å². The quantitative estimate of drug-likeness (QED) is 0.564. The van der Waals surface area contributed by atoms with Crippen molar-refractivity contribution in [3.05, 3.63) is 38.0 Å². The third kappa shape index (κ3) is 3.09. The number of hydrogen-bond donors (Lipinski definition) is 0. The van der Waals surface area contributed by atoms with E-state index in [1.807, 2.05) is 0 Å². The van der Waals surface area contributed by atoms with Crippen LogP contribution in [0.3, 0.4) is 0 Å². The first-order chi connectivity index (χ1) is 6.08. The molecule has 3 atom stereocenters. The molecular formula is C10H13F3. The minimum absolute atomic E-state index is 0.872. The average Bonchev–Trinajstić information content (AvgIpc) is 2.16. The van der Waals surface area contributed by atoms with Crippen molar-refractivity contribution in [2.24, 2.45) is 5.92 Å². The maximum Gasteiger partial charge on any atom is 0.127 e. The summed E-state index contributed by atoms with van der Waals surface area (Å²) in [5, 5.41) is 0. The third-order valence-electron chi connectivity index (χ3n) is 1.78. The first-order valence-corrected chi connectivity index (χ1v) is 3.88. The molecule has 0 saturated carbocycles. The fourth-order valence-electron chi connectivity index (χ4n) is 0.998. The van der Waals surface area contributed by atoms with Gasteiger partial charge >= 0.3 is 0 Å². The SMILES string of the molecule is C=CC(F)C(C(F)C=C)C(F)C=C. The molecule has 0 nitrogen and oxygen atoms in total. The summed E-state index contributed by atoms with van der Waals surface area (Å²) in [5.41, 5.74) is 0. The van der Waals surface area contributed by atoms with Crippen LogP contribution < -0.4 is 0 Å². The van der Waals surface area contributed by atoms with Gasteiger partial charge in [-0.3, -0.25) is 0 Å². The molecule has 0 fully saturated rings. The van der Waals surface area contributed by atoms with Crippen LogP contribution in [-0.2, 0) is 0 Å². The standard InChI is InChI=1S/C10H13F3/c1-4-7(11)10(8(12)5-2)9(13)6-3/h4-10H,1-3H2. The summed E-state index contributed by atoms with van der Waals surface area (Å²) in [6, 6.07) is 0. The Labute approximate surface area is 76.5 Å². The Balaban J connectivity index is 4.61. The maximum atomic E-state index is 13.0. The minimum Gasteiger partial charge on any atom is -0.242 e. The zero-order valence-corrected chi connectivity index (χ0v) is 7.30. The average molecular weight is 190 g/mol. The van der Waals surface area contributed by atoms with E-state index >= 15 is 0 Å². The Morgan fingerprint density at radius 2 is 0.923 bits per heavy atom. The van der Waals surface area contributed by atoms with E-state index in [0.29, 0.717) is 0 Å². The second kappa shape index (κ2) is 5.62. The molecule has 0 aromatic carbocycles. The van der Waals surface area contributed by atoms with Crippen molar-refractivity contribution in [1.82, 2.24) is 0 Å². The van der Waals surface area contributed by atoms with Gasteiger partial charge in [0.05, 0.1) is 5.92 Å². The molecule has 0 N–H and O–H groups in total. The van der Waals surface area contributed by atoms with E-state index in [9.17, 15) is 13.2 Å². The predicted molar refractivity (Wildman–Crippen MR) is 48.8 cm³/mol. The van der Waals surface area contributed by atoms with E-state index < -0.39 is 24.4 Å². The molecule has 0 aliphatic carbocycles. The van der Waals surface area contributed by atoms with Gasteiger partial charge in [0.15, 0.2) is 0 Å². The van der Waals surface area contributed by atoms with Crippen molar-refractivity contribution in [2.45, 2.75) is 18.5 Å². The molecule has 0 aliphatic rings. The smallest absolute Gasteiger partial charge is 0.127 e. The Morgan fingerprint density at radius 3 is 1.08 bits per heavy atom. The van der Waals surface area contributed by atoms with Crippen molar-refractivity contribution in [3.63, 3.8) is 0 Å². The molecule has 0 amide bonds. The molecule has 0 bridgehead atoms. The maximum absolute atomic E-state index is 13.0. The lowest BCUT2D eigenvalue weighted by molar-refractivity contribution is 0.119. The Kier molecular flexibility index (Phi) is 5.19. The topological polar surface area (TPSA) is 0 Å². The zero-order valence-electron chi connectivity index (χ0n) is 7.30. The van der Waals surface area contributed by atoms with Crippen LogP contribution in [0.1, 0.15) is 0 Å². The third-order valence-corrected chi connectivity index (χ3v) is 1.78. The van der Waals surface area contributed by atoms with Gasteiger partial charge in [-0.15, -0.1) is 19.7 Å². The van der Waals surface area contributed by atoms with E-state index in [2.05, 4.69) is 19.7 Å². The van der Waals surface area contributed by atoms with Crippen LogP contribution in [0, 0.1) is 5.92 Å². The van der Waals surface area contributed by atoms with Crippen molar-refractivity contribution in [1.29, 1.82) is 0 Å². The van der Waals surface area contributed by atoms with Gasteiger partial charge in [-0.1, -0.05) is 18.2 Å². The molecule has 0 aliphatic heterocycles. The lowest BCUT2D eigenvalue weighted by atomic mass is 9.92. The Hall–Kier alpha value is -0.990. The molecule has 0 rings (SSSR count). The summed E-state index contributed by atoms with van der Waals surface area (Å²) < 4.78 is 38.9. The fraction of sp³-hybridized carbons (Fsp3) is 0.400. The molecule has 13 heavy (non-hydrogen) atoms. The second-order valence-corrected chi connectivity index (χ2v) is 2.62. The second-order valence-electron chi connectivity index (χ2n) is 2.62. The fourth-order valence-corrected chi connectivity index (χ4v) is 0.998. The molecule has 0 heterocycles. The molecule has 0 aromatic heterocycles. The lowest BCUT2D eigenvalue weighted by Gasteiger charge is -2.21. The monoisotopic (exact) mass is 190 g/mol. The van der Waals surface area contributed by atoms with E-state index in [0.717, 1.165) is 18.2 Å². The summed E-state index contributed by atoms with van der Waals surface area (Å²) in [7, 11) is 0. The lowest BCUT2D eigenvalue weighted by Crippen LogP contribution is -2.31. The molecule has 3 heteroatoms. The summed E-state index contributed by atoms with van der Waals surface area (Å²) in [6.07, 6.45) is -2.59. The largest absolute Gasteiger partial charge is 0.242 e. The van der Waals surface area contributed by atoms with Gasteiger partial charge in [0, 0.05) is 0 Å². The highest BCUT2D eigenvalue weighted by Crippen LogP contribution is 2.24. The van der Waals surface area contributed by atoms with Crippen molar-refractivity contribution in [2.75, 3.05) is 0 Å². The number of halogens is 3. The van der Waals surface area contributed by atoms with Gasteiger partial charge in [0.25, 0.3) is 0 Å². The number of alkyl halides is 3. The highest BCUT2D eigenvalue weighted by Gasteiger charge is 2.32. The van der Waals surface area contributed by atoms with Gasteiger partial charge in [-0.25, -0.2) is 13.2 Å². The Morgan fingerprint density at radius 1 is 0.692 bits per heavy atom. The minimum atomic E-state index is -1.74. The molecule has 0 saturated heterocycles. The first-order valence-electron chi connectivity index (χ1n) is 3.88. The molecule has 3 unspecified atom stereocenters. The van der Waals surface area contributed by atoms with Crippen LogP contribution in [0.5, 0.6) is 0 Å². The normalized spacial score (nSPS) is 19.6. The molecular weight excluding hydrogens is 177 g/mol. The molecule has 0 spiro atoms. The van der Waals surface area contributed by atoms with Gasteiger partial charge in [-0.2, -0.15) is 0 Å². The number of allylic oxidation sites excluding steroid dienone is 3. The predicted octanol–water partition coefficient (Wildman–Crippen LogP) is 3.17. The molecule has 74 valence electrons. The number of rotatable bonds is 6. The van der Waals surface area contributed by atoms with Gasteiger partial charge in [0.1, 0.15) is 18.5 Å². The van der Waals surface area contributed by atoms with Crippen LogP contribution >= 0.6 is 0 Å². The van der Waals surface area contributed by atoms with Crippen LogP contribution in [-0.4, -0.2) is 18.5 Å². The van der Waals surface area contributed by atoms with Crippen LogP contribution in [0.25, 0.3) is 0 Å². The summed E-state index contributed by atoms with van der Waals surface area (Å²) in [6.45, 7) is 9.41. The van der Waals surface area contributed by atoms with Crippen LogP contribution in [0.15, 0.2) is 38.0 Å². The van der Waals surface area contributed by atoms with Gasteiger partial charge in [-0.05, 0) is 0 Å². The van der Waals surface area contributed by atoms with Crippen molar-refractivity contribution < 1.29 is 13.2 Å². The Bertz CT molecular complexity index is 155. The van der Waals surface area contributed by atoms with Gasteiger partial charge in [0.2, 0.25) is 0 Å². The van der Waals surface area contributed by atoms with E-state index in [4.69, 9.17) is 0 Å². The first kappa shape index (κ1) is 12.0. The molecule has 0 radical (unpaired) electrons. The van der Waals surface area contributed by atoms with Crippen LogP contribution in [0.4, 0.5) is 13.2 Å². The summed E-state index contributed by atoms with van der Waals surface area (Å²) >= 11 is 0. The van der Waals surface area contributed by atoms with E-state index in [1.54, 1.807) is 0 Å². The highest BCUT2D eigenvalue weighted by atomic mass is 19.2. The summed E-state index contributed by atoms with van der Waals surface area (Å²) in [4.78, 5) is 0. The van der Waals surface area contributed by atoms with Gasteiger partial charge < -0.3 is 0 Å². The van der Waals surface area contributed by atoms with Crippen LogP contribution in [0.2, 0.25) is 0 Å². The summed E-state index contributed by atoms with van der Waals surface area (Å²) in [5.74, 6) is -1.42. The van der Waals surface area contributed by atoms with E-state index in [-0.39, 0.29) is 0 Å².